The van der Waals surface area contributed by atoms with E-state index in [4.69, 9.17) is 33.7 Å². The number of halogens is 2. The number of benzene rings is 1. The first-order valence-corrected chi connectivity index (χ1v) is 6.39. The Morgan fingerprint density at radius 1 is 1.50 bits per heavy atom. The number of nitrogens with two attached hydrogens (primary N) is 1. The minimum absolute atomic E-state index is 0.200. The van der Waals surface area contributed by atoms with Crippen LogP contribution in [0, 0.1) is 0 Å². The summed E-state index contributed by atoms with van der Waals surface area (Å²) >= 11 is 11.7. The average molecular weight is 291 g/mol. The average Bonchev–Trinajstić information content (AvgIpc) is 2.32. The number of nitrogens with one attached hydrogen (secondary N) is 1. The van der Waals surface area contributed by atoms with E-state index in [-0.39, 0.29) is 5.91 Å². The van der Waals surface area contributed by atoms with Gasteiger partial charge >= 0.3 is 0 Å². The molecule has 1 aromatic carbocycles. The highest BCUT2D eigenvalue weighted by Crippen LogP contribution is 2.28. The highest BCUT2D eigenvalue weighted by molar-refractivity contribution is 6.35. The quantitative estimate of drug-likeness (QED) is 0.790. The van der Waals surface area contributed by atoms with E-state index in [0.29, 0.717) is 28.9 Å². The molecule has 0 aliphatic rings. The van der Waals surface area contributed by atoms with Crippen LogP contribution in [0.5, 0.6) is 5.75 Å². The maximum absolute atomic E-state index is 11.7. The Kier molecular flexibility index (Phi) is 6.25. The van der Waals surface area contributed by atoms with Crippen LogP contribution in [0.15, 0.2) is 18.2 Å². The lowest BCUT2D eigenvalue weighted by Crippen LogP contribution is -2.37. The van der Waals surface area contributed by atoms with Gasteiger partial charge in [0.1, 0.15) is 5.75 Å². The molecule has 3 N–H and O–H groups in total. The molecule has 1 atom stereocenters. The van der Waals surface area contributed by atoms with Crippen LogP contribution in [0.3, 0.4) is 0 Å². The Morgan fingerprint density at radius 3 is 2.83 bits per heavy atom. The molecule has 0 bridgehead atoms. The first-order chi connectivity index (χ1) is 8.54. The fraction of sp³-hybridized carbons (Fsp3) is 0.417. The normalized spacial score (nSPS) is 12.0. The smallest absolute Gasteiger partial charge is 0.260 e. The molecule has 18 heavy (non-hydrogen) atoms. The first kappa shape index (κ1) is 15.1. The minimum Gasteiger partial charge on any atom is -0.479 e. The van der Waals surface area contributed by atoms with Gasteiger partial charge in [-0.15, -0.1) is 0 Å². The van der Waals surface area contributed by atoms with Gasteiger partial charge in [0.2, 0.25) is 0 Å². The molecule has 6 heteroatoms. The Hall–Kier alpha value is -0.970. The molecule has 1 rings (SSSR count). The molecule has 0 radical (unpaired) electrons. The number of carbonyl (C=O) groups is 1. The van der Waals surface area contributed by atoms with Gasteiger partial charge in [0, 0.05) is 11.6 Å². The van der Waals surface area contributed by atoms with Crippen LogP contribution in [0.4, 0.5) is 0 Å². The molecule has 1 unspecified atom stereocenters. The molecular weight excluding hydrogens is 275 g/mol. The SMILES string of the molecule is CC(Oc1ccc(Cl)cc1Cl)C(=O)NCCCN. The van der Waals surface area contributed by atoms with Gasteiger partial charge in [0.05, 0.1) is 5.02 Å². The monoisotopic (exact) mass is 290 g/mol. The number of rotatable bonds is 6. The van der Waals surface area contributed by atoms with Gasteiger partial charge in [-0.2, -0.15) is 0 Å². The first-order valence-electron chi connectivity index (χ1n) is 5.64. The second-order valence-electron chi connectivity index (χ2n) is 3.77. The summed E-state index contributed by atoms with van der Waals surface area (Å²) < 4.78 is 5.46. The summed E-state index contributed by atoms with van der Waals surface area (Å²) in [7, 11) is 0. The van der Waals surface area contributed by atoms with E-state index in [1.165, 1.54) is 0 Å². The zero-order chi connectivity index (χ0) is 13.5. The summed E-state index contributed by atoms with van der Waals surface area (Å²) in [5.74, 6) is 0.233. The molecule has 1 aromatic rings. The molecule has 0 aliphatic carbocycles. The fourth-order valence-corrected chi connectivity index (χ4v) is 1.73. The van der Waals surface area contributed by atoms with Crippen molar-refractivity contribution in [1.82, 2.24) is 5.32 Å². The van der Waals surface area contributed by atoms with Crippen molar-refractivity contribution >= 4 is 29.1 Å². The van der Waals surface area contributed by atoms with Crippen LogP contribution in [0.2, 0.25) is 10.0 Å². The maximum Gasteiger partial charge on any atom is 0.260 e. The van der Waals surface area contributed by atoms with Crippen LogP contribution in [0.1, 0.15) is 13.3 Å². The van der Waals surface area contributed by atoms with E-state index < -0.39 is 6.10 Å². The number of hydrogen-bond acceptors (Lipinski definition) is 3. The molecule has 0 spiro atoms. The summed E-state index contributed by atoms with van der Waals surface area (Å²) in [5, 5.41) is 3.62. The van der Waals surface area contributed by atoms with Crippen molar-refractivity contribution in [2.24, 2.45) is 5.73 Å². The molecule has 0 saturated heterocycles. The van der Waals surface area contributed by atoms with Gasteiger partial charge in [0.15, 0.2) is 6.10 Å². The van der Waals surface area contributed by atoms with E-state index in [0.717, 1.165) is 6.42 Å². The van der Waals surface area contributed by atoms with Crippen molar-refractivity contribution in [1.29, 1.82) is 0 Å². The van der Waals surface area contributed by atoms with Crippen molar-refractivity contribution in [2.45, 2.75) is 19.4 Å². The largest absolute Gasteiger partial charge is 0.479 e. The summed E-state index contributed by atoms with van der Waals surface area (Å²) in [5.41, 5.74) is 5.34. The summed E-state index contributed by atoms with van der Waals surface area (Å²) in [6, 6.07) is 4.85. The van der Waals surface area contributed by atoms with Gasteiger partial charge in [-0.05, 0) is 38.1 Å². The topological polar surface area (TPSA) is 64.3 Å². The van der Waals surface area contributed by atoms with E-state index in [2.05, 4.69) is 5.32 Å². The van der Waals surface area contributed by atoms with Crippen molar-refractivity contribution in [2.75, 3.05) is 13.1 Å². The van der Waals surface area contributed by atoms with Crippen LogP contribution in [-0.4, -0.2) is 25.1 Å². The number of carbonyl (C=O) groups excluding carboxylic acids is 1. The third-order valence-electron chi connectivity index (χ3n) is 2.25. The molecule has 0 heterocycles. The van der Waals surface area contributed by atoms with E-state index >= 15 is 0 Å². The van der Waals surface area contributed by atoms with Gasteiger partial charge in [-0.1, -0.05) is 23.2 Å². The predicted octanol–water partition coefficient (Wildman–Crippen LogP) is 2.23. The highest BCUT2D eigenvalue weighted by Gasteiger charge is 2.15. The van der Waals surface area contributed by atoms with Crippen LogP contribution in [-0.2, 0) is 4.79 Å². The van der Waals surface area contributed by atoms with E-state index in [1.54, 1.807) is 25.1 Å². The van der Waals surface area contributed by atoms with E-state index in [1.807, 2.05) is 0 Å². The molecule has 100 valence electrons. The van der Waals surface area contributed by atoms with E-state index in [9.17, 15) is 4.79 Å². The van der Waals surface area contributed by atoms with Crippen molar-refractivity contribution in [3.05, 3.63) is 28.2 Å². The Morgan fingerprint density at radius 2 is 2.22 bits per heavy atom. The molecule has 0 saturated carbocycles. The highest BCUT2D eigenvalue weighted by atomic mass is 35.5. The molecule has 0 aromatic heterocycles. The van der Waals surface area contributed by atoms with Gasteiger partial charge in [-0.3, -0.25) is 4.79 Å². The maximum atomic E-state index is 11.7. The lowest BCUT2D eigenvalue weighted by Gasteiger charge is -2.15. The molecule has 4 nitrogen and oxygen atoms in total. The fourth-order valence-electron chi connectivity index (χ4n) is 1.27. The summed E-state index contributed by atoms with van der Waals surface area (Å²) in [6.07, 6.45) is 0.113. The standard InChI is InChI=1S/C12H16Cl2N2O2/c1-8(12(17)16-6-2-5-15)18-11-4-3-9(13)7-10(11)14/h3-4,7-8H,2,5-6,15H2,1H3,(H,16,17). The van der Waals surface area contributed by atoms with Gasteiger partial charge in [-0.25, -0.2) is 0 Å². The third-order valence-corrected chi connectivity index (χ3v) is 2.78. The number of ether oxygens (including phenoxy) is 1. The van der Waals surface area contributed by atoms with Crippen LogP contribution in [0.25, 0.3) is 0 Å². The second-order valence-corrected chi connectivity index (χ2v) is 4.61. The Labute approximate surface area is 116 Å². The third kappa shape index (κ3) is 4.72. The number of amides is 1. The Bertz CT molecular complexity index is 413. The van der Waals surface area contributed by atoms with Crippen molar-refractivity contribution in [3.8, 4) is 5.75 Å². The van der Waals surface area contributed by atoms with Crippen molar-refractivity contribution in [3.63, 3.8) is 0 Å². The Balaban J connectivity index is 2.53. The lowest BCUT2D eigenvalue weighted by molar-refractivity contribution is -0.127. The van der Waals surface area contributed by atoms with Gasteiger partial charge in [0.25, 0.3) is 5.91 Å². The second kappa shape index (κ2) is 7.46. The zero-order valence-electron chi connectivity index (χ0n) is 10.1. The number of hydrogen-bond donors (Lipinski definition) is 2. The van der Waals surface area contributed by atoms with Gasteiger partial charge < -0.3 is 15.8 Å². The van der Waals surface area contributed by atoms with Crippen molar-refractivity contribution < 1.29 is 9.53 Å². The minimum atomic E-state index is -0.624. The molecule has 0 aliphatic heterocycles. The molecule has 1 amide bonds. The van der Waals surface area contributed by atoms with Crippen LogP contribution >= 0.6 is 23.2 Å². The molecular formula is C12H16Cl2N2O2. The molecule has 0 fully saturated rings. The lowest BCUT2D eigenvalue weighted by atomic mass is 10.3. The summed E-state index contributed by atoms with van der Waals surface area (Å²) in [6.45, 7) is 2.73. The predicted molar refractivity (Wildman–Crippen MR) is 73.2 cm³/mol. The summed E-state index contributed by atoms with van der Waals surface area (Å²) in [4.78, 5) is 11.7. The van der Waals surface area contributed by atoms with Crippen LogP contribution < -0.4 is 15.8 Å². The zero-order valence-corrected chi connectivity index (χ0v) is 11.6.